The first-order valence-electron chi connectivity index (χ1n) is 7.07. The third-order valence-electron chi connectivity index (χ3n) is 3.78. The average Bonchev–Trinajstić information content (AvgIpc) is 2.85. The fourth-order valence-electron chi connectivity index (χ4n) is 3.01. The molecule has 2 aliphatic rings. The van der Waals surface area contributed by atoms with Crippen LogP contribution in [0.15, 0.2) is 18.2 Å². The topological polar surface area (TPSA) is 50.8 Å². The summed E-state index contributed by atoms with van der Waals surface area (Å²) in [4.78, 5) is 14.2. The molecule has 0 radical (unpaired) electrons. The van der Waals surface area contributed by atoms with Crippen molar-refractivity contribution < 1.29 is 14.3 Å². The van der Waals surface area contributed by atoms with Crippen molar-refractivity contribution in [2.45, 2.75) is 20.3 Å². The maximum atomic E-state index is 12.3. The number of carbonyl (C=O) groups is 1. The van der Waals surface area contributed by atoms with Crippen LogP contribution in [0.2, 0.25) is 0 Å². The van der Waals surface area contributed by atoms with Gasteiger partial charge in [-0.2, -0.15) is 0 Å². The minimum absolute atomic E-state index is 0.0396. The molecule has 1 aromatic rings. The van der Waals surface area contributed by atoms with Crippen LogP contribution >= 0.6 is 0 Å². The van der Waals surface area contributed by atoms with Crippen molar-refractivity contribution in [1.29, 1.82) is 0 Å². The summed E-state index contributed by atoms with van der Waals surface area (Å²) in [5.74, 6) is 2.52. The molecule has 5 heteroatoms. The number of fused-ring (bicyclic) bond motifs is 1. The van der Waals surface area contributed by atoms with Gasteiger partial charge in [0.15, 0.2) is 11.5 Å². The standard InChI is InChI=1S/C15H20N2O3/c1-10-5-11(2)8-17(7-10)15(18)16-12-3-4-13-14(6-12)20-9-19-13/h3-4,6,10-11H,5,7-9H2,1-2H3,(H,16,18)/t10-,11+. The summed E-state index contributed by atoms with van der Waals surface area (Å²) in [6.07, 6.45) is 1.19. The lowest BCUT2D eigenvalue weighted by Gasteiger charge is -2.34. The van der Waals surface area contributed by atoms with Crippen LogP contribution in [-0.4, -0.2) is 30.8 Å². The molecule has 0 spiro atoms. The molecule has 1 N–H and O–H groups in total. The Kier molecular flexibility index (Phi) is 3.42. The smallest absolute Gasteiger partial charge is 0.321 e. The van der Waals surface area contributed by atoms with Crippen LogP contribution in [-0.2, 0) is 0 Å². The van der Waals surface area contributed by atoms with E-state index in [1.54, 1.807) is 6.07 Å². The summed E-state index contributed by atoms with van der Waals surface area (Å²) in [7, 11) is 0. The number of nitrogens with one attached hydrogen (secondary N) is 1. The molecule has 108 valence electrons. The maximum absolute atomic E-state index is 12.3. The van der Waals surface area contributed by atoms with E-state index in [2.05, 4.69) is 19.2 Å². The van der Waals surface area contributed by atoms with Crippen molar-refractivity contribution in [1.82, 2.24) is 4.90 Å². The quantitative estimate of drug-likeness (QED) is 0.858. The highest BCUT2D eigenvalue weighted by Gasteiger charge is 2.25. The maximum Gasteiger partial charge on any atom is 0.321 e. The fourth-order valence-corrected chi connectivity index (χ4v) is 3.01. The number of hydrogen-bond donors (Lipinski definition) is 1. The third kappa shape index (κ3) is 2.66. The van der Waals surface area contributed by atoms with Crippen molar-refractivity contribution in [2.24, 2.45) is 11.8 Å². The molecule has 1 saturated heterocycles. The van der Waals surface area contributed by atoms with Gasteiger partial charge in [-0.3, -0.25) is 0 Å². The van der Waals surface area contributed by atoms with E-state index in [1.165, 1.54) is 6.42 Å². The van der Waals surface area contributed by atoms with E-state index < -0.39 is 0 Å². The highest BCUT2D eigenvalue weighted by Crippen LogP contribution is 2.34. The predicted octanol–water partition coefficient (Wildman–Crippen LogP) is 2.93. The van der Waals surface area contributed by atoms with Crippen LogP contribution in [0.5, 0.6) is 11.5 Å². The molecule has 20 heavy (non-hydrogen) atoms. The van der Waals surface area contributed by atoms with Crippen LogP contribution in [0.25, 0.3) is 0 Å². The second kappa shape index (κ2) is 5.23. The number of rotatable bonds is 1. The van der Waals surface area contributed by atoms with E-state index in [1.807, 2.05) is 17.0 Å². The summed E-state index contributed by atoms with van der Waals surface area (Å²) in [5, 5.41) is 2.93. The van der Waals surface area contributed by atoms with E-state index >= 15 is 0 Å². The molecule has 0 bridgehead atoms. The van der Waals surface area contributed by atoms with E-state index in [-0.39, 0.29) is 12.8 Å². The molecule has 3 rings (SSSR count). The van der Waals surface area contributed by atoms with E-state index in [0.29, 0.717) is 17.6 Å². The van der Waals surface area contributed by atoms with Crippen LogP contribution in [0.1, 0.15) is 20.3 Å². The number of hydrogen-bond acceptors (Lipinski definition) is 3. The van der Waals surface area contributed by atoms with Crippen LogP contribution in [0.4, 0.5) is 10.5 Å². The van der Waals surface area contributed by atoms with Gasteiger partial charge < -0.3 is 19.7 Å². The van der Waals surface area contributed by atoms with Gasteiger partial charge in [0.2, 0.25) is 6.79 Å². The molecule has 0 saturated carbocycles. The number of urea groups is 1. The lowest BCUT2D eigenvalue weighted by Crippen LogP contribution is -2.44. The highest BCUT2D eigenvalue weighted by molar-refractivity contribution is 5.89. The molecule has 5 nitrogen and oxygen atoms in total. The lowest BCUT2D eigenvalue weighted by atomic mass is 9.92. The van der Waals surface area contributed by atoms with Crippen LogP contribution in [0.3, 0.4) is 0 Å². The number of likely N-dealkylation sites (tertiary alicyclic amines) is 1. The summed E-state index contributed by atoms with van der Waals surface area (Å²) in [6.45, 7) is 6.27. The Morgan fingerprint density at radius 2 is 1.90 bits per heavy atom. The Hall–Kier alpha value is -1.91. The Morgan fingerprint density at radius 1 is 1.20 bits per heavy atom. The molecule has 0 unspecified atom stereocenters. The minimum Gasteiger partial charge on any atom is -0.454 e. The van der Waals surface area contributed by atoms with Crippen molar-refractivity contribution in [3.05, 3.63) is 18.2 Å². The monoisotopic (exact) mass is 276 g/mol. The summed E-state index contributed by atoms with van der Waals surface area (Å²) < 4.78 is 10.6. The van der Waals surface area contributed by atoms with Crippen molar-refractivity contribution in [3.8, 4) is 11.5 Å². The van der Waals surface area contributed by atoms with Gasteiger partial charge in [0, 0.05) is 24.8 Å². The highest BCUT2D eigenvalue weighted by atomic mass is 16.7. The molecule has 0 aliphatic carbocycles. The molecular formula is C15H20N2O3. The van der Waals surface area contributed by atoms with Crippen LogP contribution < -0.4 is 14.8 Å². The minimum atomic E-state index is -0.0396. The van der Waals surface area contributed by atoms with Gasteiger partial charge in [0.1, 0.15) is 0 Å². The Morgan fingerprint density at radius 3 is 2.65 bits per heavy atom. The summed E-state index contributed by atoms with van der Waals surface area (Å²) in [5.41, 5.74) is 0.741. The second-order valence-electron chi connectivity index (χ2n) is 5.85. The first-order chi connectivity index (χ1) is 9.61. The van der Waals surface area contributed by atoms with Crippen molar-refractivity contribution in [2.75, 3.05) is 25.2 Å². The summed E-state index contributed by atoms with van der Waals surface area (Å²) >= 11 is 0. The van der Waals surface area contributed by atoms with E-state index in [9.17, 15) is 4.79 Å². The van der Waals surface area contributed by atoms with E-state index in [4.69, 9.17) is 9.47 Å². The number of anilines is 1. The van der Waals surface area contributed by atoms with Gasteiger partial charge in [0.25, 0.3) is 0 Å². The number of piperidine rings is 1. The Bertz CT molecular complexity index is 508. The molecule has 0 aromatic heterocycles. The molecule has 1 fully saturated rings. The number of carbonyl (C=O) groups excluding carboxylic acids is 1. The van der Waals surface area contributed by atoms with Gasteiger partial charge in [-0.25, -0.2) is 4.79 Å². The molecule has 2 atom stereocenters. The number of benzene rings is 1. The number of nitrogens with zero attached hydrogens (tertiary/aromatic N) is 1. The molecule has 2 heterocycles. The molecule has 1 aromatic carbocycles. The molecular weight excluding hydrogens is 256 g/mol. The zero-order chi connectivity index (χ0) is 14.1. The van der Waals surface area contributed by atoms with Gasteiger partial charge in [-0.1, -0.05) is 13.8 Å². The zero-order valence-electron chi connectivity index (χ0n) is 11.9. The Balaban J connectivity index is 1.66. The lowest BCUT2D eigenvalue weighted by molar-refractivity contribution is 0.156. The number of amides is 2. The van der Waals surface area contributed by atoms with Gasteiger partial charge in [0.05, 0.1) is 0 Å². The molecule has 2 amide bonds. The fraction of sp³-hybridized carbons (Fsp3) is 0.533. The first kappa shape index (κ1) is 13.1. The third-order valence-corrected chi connectivity index (χ3v) is 3.78. The average molecular weight is 276 g/mol. The normalized spacial score (nSPS) is 24.6. The Labute approximate surface area is 118 Å². The number of ether oxygens (including phenoxy) is 2. The zero-order valence-corrected chi connectivity index (χ0v) is 11.9. The largest absolute Gasteiger partial charge is 0.454 e. The predicted molar refractivity (Wildman–Crippen MR) is 76.1 cm³/mol. The van der Waals surface area contributed by atoms with Gasteiger partial charge in [-0.05, 0) is 30.4 Å². The van der Waals surface area contributed by atoms with Crippen molar-refractivity contribution in [3.63, 3.8) is 0 Å². The van der Waals surface area contributed by atoms with E-state index in [0.717, 1.165) is 24.5 Å². The summed E-state index contributed by atoms with van der Waals surface area (Å²) in [6, 6.07) is 5.42. The second-order valence-corrected chi connectivity index (χ2v) is 5.85. The first-order valence-corrected chi connectivity index (χ1v) is 7.07. The van der Waals surface area contributed by atoms with Crippen molar-refractivity contribution >= 4 is 11.7 Å². The SMILES string of the molecule is C[C@@H]1C[C@H](C)CN(C(=O)Nc2ccc3c(c2)OCO3)C1. The van der Waals surface area contributed by atoms with Gasteiger partial charge in [-0.15, -0.1) is 0 Å². The van der Waals surface area contributed by atoms with Gasteiger partial charge >= 0.3 is 6.03 Å². The molecule has 2 aliphatic heterocycles. The van der Waals surface area contributed by atoms with Crippen LogP contribution in [0, 0.1) is 11.8 Å².